The molecule has 19 heteroatoms. The number of carboxylic acids is 1. The first kappa shape index (κ1) is 73.8. The van der Waals surface area contributed by atoms with Gasteiger partial charge in [0.05, 0.1) is 65.9 Å². The molecule has 2 aromatic carbocycles. The molecule has 4 saturated carbocycles. The fourth-order valence-electron chi connectivity index (χ4n) is 14.5. The number of ketones is 4. The minimum atomic E-state index is -1.06. The molecule has 5 aliphatic rings. The predicted molar refractivity (Wildman–Crippen MR) is 382 cm³/mol. The molecule has 5 aliphatic carbocycles. The number of aromatic amines is 1. The van der Waals surface area contributed by atoms with Gasteiger partial charge in [0.2, 0.25) is 0 Å². The van der Waals surface area contributed by atoms with Gasteiger partial charge in [-0.15, -0.1) is 35.8 Å². The van der Waals surface area contributed by atoms with Crippen LogP contribution in [0.4, 0.5) is 0 Å². The number of methoxy groups -OCH3 is 2. The summed E-state index contributed by atoms with van der Waals surface area (Å²) in [6.45, 7) is 21.8. The number of aliphatic hydroxyl groups excluding tert-OH is 1. The number of aromatic nitrogens is 4. The summed E-state index contributed by atoms with van der Waals surface area (Å²) in [6, 6.07) is 11.0. The Morgan fingerprint density at radius 1 is 0.753 bits per heavy atom. The van der Waals surface area contributed by atoms with Crippen LogP contribution in [-0.4, -0.2) is 98.3 Å². The highest BCUT2D eigenvalue weighted by Crippen LogP contribution is 2.59. The van der Waals surface area contributed by atoms with Gasteiger partial charge in [-0.2, -0.15) is 0 Å². The molecule has 6 aromatic rings. The number of carbonyl (C=O) groups excluding carboxylic acids is 5. The fourth-order valence-corrected chi connectivity index (χ4v) is 16.4. The third-order valence-corrected chi connectivity index (χ3v) is 22.4. The van der Waals surface area contributed by atoms with Gasteiger partial charge in [-0.3, -0.25) is 33.6 Å². The lowest BCUT2D eigenvalue weighted by Crippen LogP contribution is -2.31. The van der Waals surface area contributed by atoms with Gasteiger partial charge < -0.3 is 34.1 Å². The zero-order chi connectivity index (χ0) is 69.9. The quantitative estimate of drug-likeness (QED) is 0.0306. The zero-order valence-electron chi connectivity index (χ0n) is 58.0. The van der Waals surface area contributed by atoms with Crippen molar-refractivity contribution in [2.45, 2.75) is 201 Å². The smallest absolute Gasteiger partial charge is 0.313 e. The molecule has 0 saturated heterocycles. The molecule has 3 N–H and O–H groups in total. The minimum Gasteiger partial charge on any atom is -0.496 e. The molecule has 0 radical (unpaired) electrons. The van der Waals surface area contributed by atoms with E-state index in [1.807, 2.05) is 55.6 Å². The van der Waals surface area contributed by atoms with E-state index in [-0.39, 0.29) is 77.8 Å². The van der Waals surface area contributed by atoms with Gasteiger partial charge in [-0.1, -0.05) is 77.7 Å². The number of benzene rings is 2. The van der Waals surface area contributed by atoms with Crippen LogP contribution in [-0.2, 0) is 33.5 Å². The summed E-state index contributed by atoms with van der Waals surface area (Å²) in [6.07, 6.45) is 19.8. The van der Waals surface area contributed by atoms with Gasteiger partial charge in [0.25, 0.3) is 0 Å². The summed E-state index contributed by atoms with van der Waals surface area (Å²) in [5, 5.41) is 27.5. The SMILES string of the molecule is C=CCCCCCCC(=O)[C@@H]1C[C@@H](O)C[C@H]1C(=O)C[C@]1(C(=O)OCC)CC1C=C.COc1ccc2c(=O)cc(-c3nc(C(C)C)cs3)[nH]c2c1C.COc1ccc2c(O[C@H]3C[C@H]4C(=O)CCCCCC/C=C\[C@@H]5C[C@@]5(C(=O)O)CC(=O)[C@@H]4C3)cc(-c3nc(C(C)C)cs3)nc2c1C. The number of fused-ring (bicyclic) bond motifs is 4. The Balaban J connectivity index is 0.000000185. The summed E-state index contributed by atoms with van der Waals surface area (Å²) >= 11 is 3.09. The van der Waals surface area contributed by atoms with Crippen molar-refractivity contribution in [3.63, 3.8) is 0 Å². The highest BCUT2D eigenvalue weighted by Gasteiger charge is 2.62. The number of carbonyl (C=O) groups is 6. The minimum absolute atomic E-state index is 0.00389. The summed E-state index contributed by atoms with van der Waals surface area (Å²) in [5.41, 5.74) is 5.00. The van der Waals surface area contributed by atoms with E-state index in [0.29, 0.717) is 74.1 Å². The Labute approximate surface area is 578 Å². The monoisotopic (exact) mass is 1360 g/mol. The first-order valence-electron chi connectivity index (χ1n) is 34.9. The number of allylic oxidation sites excluding steroid dienone is 4. The van der Waals surface area contributed by atoms with Gasteiger partial charge in [0.1, 0.15) is 62.2 Å². The number of unbranched alkanes of at least 4 members (excludes halogenated alkanes) is 4. The number of rotatable bonds is 23. The second-order valence-corrected chi connectivity index (χ2v) is 29.6. The van der Waals surface area contributed by atoms with Crippen LogP contribution < -0.4 is 19.6 Å². The molecule has 0 spiro atoms. The van der Waals surface area contributed by atoms with E-state index < -0.39 is 46.6 Å². The number of carboxylic acid groups (broad SMARTS) is 1. The normalized spacial score (nSPS) is 24.9. The van der Waals surface area contributed by atoms with Gasteiger partial charge in [-0.05, 0) is 146 Å². The molecule has 4 heterocycles. The first-order valence-corrected chi connectivity index (χ1v) is 36.6. The maximum atomic E-state index is 13.9. The Bertz CT molecular complexity index is 3960. The maximum absolute atomic E-state index is 13.9. The summed E-state index contributed by atoms with van der Waals surface area (Å²) in [7, 11) is 3.27. The number of aryl methyl sites for hydroxylation is 2. The number of aliphatic carboxylic acids is 1. The van der Waals surface area contributed by atoms with Crippen molar-refractivity contribution >= 4 is 79.6 Å². The molecule has 1 unspecified atom stereocenters. The molecule has 0 bridgehead atoms. The number of nitrogens with one attached hydrogen (secondary N) is 1. The number of Topliss-reactive ketones (excluding diaryl/α,β-unsaturated/α-hetero) is 4. The van der Waals surface area contributed by atoms with Gasteiger partial charge in [0.15, 0.2) is 5.43 Å². The van der Waals surface area contributed by atoms with E-state index in [1.54, 1.807) is 62.0 Å². The molecule has 4 aromatic heterocycles. The zero-order valence-corrected chi connectivity index (χ0v) is 59.6. The number of ether oxygens (including phenoxy) is 4. The van der Waals surface area contributed by atoms with Crippen molar-refractivity contribution in [3.8, 4) is 38.7 Å². The second kappa shape index (κ2) is 32.9. The third kappa shape index (κ3) is 17.2. The van der Waals surface area contributed by atoms with E-state index in [4.69, 9.17) is 28.9 Å². The standard InChI is InChI=1S/C37H44N2O6S.C24H36O5.C17H18N2O2S/c1-21(2)29-20-46-35(39-29)28-17-33(25-13-14-32(44-4)22(3)34(25)38-28)45-24-15-26-27(16-24)31(41)19-37(36(42)43)18-23(37)11-9-7-5-6-8-10-12-30(26)40;1-4-7-8-9-10-11-12-21(26)19-13-18(25)14-20(19)22(27)16-24(15-17(24)5-2)23(28)29-6-3;1-9(2)13-8-22-17(19-13)12-7-14(20)11-5-6-15(21-4)10(3)16(11)18-12/h9,11,13-14,17,20-21,23-24,26-27H,5-8,10,12,15-16,18-19H2,1-4H3,(H,42,43);4-5,17-20,25H,1-2,6-16H2,3H3;5-9H,1-4H3,(H,18,20)/b11-9-;;/t23-,24+,26-,27-,37-;17?,18-,19-,20-,24-;/m11./s1. The van der Waals surface area contributed by atoms with E-state index >= 15 is 0 Å². The van der Waals surface area contributed by atoms with Crippen molar-refractivity contribution in [3.05, 3.63) is 117 Å². The largest absolute Gasteiger partial charge is 0.496 e. The Kier molecular flexibility index (Phi) is 25.0. The average molecular weight is 1360 g/mol. The van der Waals surface area contributed by atoms with Crippen LogP contribution in [0.3, 0.4) is 0 Å². The van der Waals surface area contributed by atoms with E-state index in [1.165, 1.54) is 0 Å². The third-order valence-electron chi connectivity index (χ3n) is 20.6. The van der Waals surface area contributed by atoms with E-state index in [2.05, 4.69) is 62.3 Å². The van der Waals surface area contributed by atoms with E-state index in [0.717, 1.165) is 130 Å². The molecule has 0 aliphatic heterocycles. The molecule has 10 atom stereocenters. The average Bonchev–Trinajstić information content (AvgIpc) is 1.62. The van der Waals surface area contributed by atoms with Crippen molar-refractivity contribution in [1.29, 1.82) is 0 Å². The molecule has 4 fully saturated rings. The lowest BCUT2D eigenvalue weighted by Gasteiger charge is -2.20. The predicted octanol–water partition coefficient (Wildman–Crippen LogP) is 16.4. The highest BCUT2D eigenvalue weighted by molar-refractivity contribution is 7.13. The molecular formula is C78H98N4O13S2. The Morgan fingerprint density at radius 2 is 1.39 bits per heavy atom. The second-order valence-electron chi connectivity index (χ2n) is 27.9. The molecule has 0 amide bonds. The fraction of sp³-hybridized carbons (Fsp3) is 0.538. The summed E-state index contributed by atoms with van der Waals surface area (Å²) in [4.78, 5) is 108. The van der Waals surface area contributed by atoms with Crippen molar-refractivity contribution in [1.82, 2.24) is 19.9 Å². The van der Waals surface area contributed by atoms with Crippen LogP contribution in [0.1, 0.15) is 197 Å². The maximum Gasteiger partial charge on any atom is 0.313 e. The summed E-state index contributed by atoms with van der Waals surface area (Å²) < 4.78 is 22.9. The number of H-pyrrole nitrogens is 1. The lowest BCUT2D eigenvalue weighted by molar-refractivity contribution is -0.152. The lowest BCUT2D eigenvalue weighted by atomic mass is 9.82. The van der Waals surface area contributed by atoms with Crippen molar-refractivity contribution in [2.75, 3.05) is 20.8 Å². The highest BCUT2D eigenvalue weighted by atomic mass is 32.1. The number of pyridine rings is 2. The molecule has 17 nitrogen and oxygen atoms in total. The Hall–Kier alpha value is -7.48. The van der Waals surface area contributed by atoms with Gasteiger partial charge in [-0.25, -0.2) is 15.0 Å². The van der Waals surface area contributed by atoms with Crippen LogP contribution in [0.15, 0.2) is 89.4 Å². The molecule has 11 rings (SSSR count). The molecule has 97 heavy (non-hydrogen) atoms. The first-order chi connectivity index (χ1) is 46.5. The molecular weight excluding hydrogens is 1270 g/mol. The van der Waals surface area contributed by atoms with Crippen LogP contribution in [0.5, 0.6) is 17.2 Å². The number of esters is 1. The topological polar surface area (TPSA) is 251 Å². The van der Waals surface area contributed by atoms with Crippen molar-refractivity contribution in [2.24, 2.45) is 46.3 Å². The van der Waals surface area contributed by atoms with E-state index in [9.17, 15) is 43.8 Å². The van der Waals surface area contributed by atoms with Crippen molar-refractivity contribution < 1.29 is 57.9 Å². The van der Waals surface area contributed by atoms with Crippen LogP contribution >= 0.6 is 22.7 Å². The number of hydrogen-bond acceptors (Lipinski definition) is 17. The number of aliphatic hydroxyl groups is 1. The number of thiazole rings is 2. The van der Waals surface area contributed by atoms with Crippen LogP contribution in [0.25, 0.3) is 43.2 Å². The number of hydrogen-bond donors (Lipinski definition) is 3. The molecule has 520 valence electrons. The van der Waals surface area contributed by atoms with Gasteiger partial charge in [0, 0.05) is 94.1 Å². The van der Waals surface area contributed by atoms with Gasteiger partial charge >= 0.3 is 11.9 Å². The summed E-state index contributed by atoms with van der Waals surface area (Å²) in [5.74, 6) is -0.651. The Morgan fingerprint density at radius 3 is 2.03 bits per heavy atom. The van der Waals surface area contributed by atoms with Crippen LogP contribution in [0, 0.1) is 60.2 Å². The number of nitrogens with zero attached hydrogens (tertiary/aromatic N) is 3. The van der Waals surface area contributed by atoms with Crippen LogP contribution in [0.2, 0.25) is 0 Å².